The van der Waals surface area contributed by atoms with Gasteiger partial charge in [0.2, 0.25) is 10.0 Å². The largest absolute Gasteiger partial charge is 0.347 e. The molecule has 3 rings (SSSR count). The molecule has 0 radical (unpaired) electrons. The van der Waals surface area contributed by atoms with Gasteiger partial charge in [-0.3, -0.25) is 4.79 Å². The van der Waals surface area contributed by atoms with E-state index in [1.54, 1.807) is 37.3 Å². The van der Waals surface area contributed by atoms with Gasteiger partial charge >= 0.3 is 0 Å². The minimum Gasteiger partial charge on any atom is -0.347 e. The van der Waals surface area contributed by atoms with Crippen molar-refractivity contribution < 1.29 is 13.2 Å². The molecule has 0 bridgehead atoms. The number of fused-ring (bicyclic) bond motifs is 1. The van der Waals surface area contributed by atoms with Gasteiger partial charge in [-0.25, -0.2) is 13.1 Å². The first-order chi connectivity index (χ1) is 13.8. The summed E-state index contributed by atoms with van der Waals surface area (Å²) in [5.74, 6) is -0.0759. The van der Waals surface area contributed by atoms with Crippen LogP contribution in [0.1, 0.15) is 70.8 Å². The van der Waals surface area contributed by atoms with Gasteiger partial charge in [0.05, 0.1) is 10.6 Å². The lowest BCUT2D eigenvalue weighted by Crippen LogP contribution is -2.31. The van der Waals surface area contributed by atoms with Crippen LogP contribution in [0, 0.1) is 0 Å². The summed E-state index contributed by atoms with van der Waals surface area (Å²) in [5, 5.41) is 2.99. The zero-order valence-electron chi connectivity index (χ0n) is 17.2. The Morgan fingerprint density at radius 1 is 1.03 bits per heavy atom. The molecule has 1 amide bonds. The van der Waals surface area contributed by atoms with Crippen molar-refractivity contribution in [3.05, 3.63) is 56.8 Å². The van der Waals surface area contributed by atoms with E-state index < -0.39 is 10.0 Å². The molecular weight excluding hydrogens is 404 g/mol. The van der Waals surface area contributed by atoms with Crippen molar-refractivity contribution in [3.63, 3.8) is 0 Å². The number of sulfonamides is 1. The minimum absolute atomic E-state index is 0.0328. The van der Waals surface area contributed by atoms with Gasteiger partial charge in [-0.05, 0) is 62.3 Å². The number of hydrogen-bond donors (Lipinski definition) is 2. The number of amides is 1. The molecule has 0 fully saturated rings. The first-order valence-corrected chi connectivity index (χ1v) is 12.8. The summed E-state index contributed by atoms with van der Waals surface area (Å²) in [6.45, 7) is 4.03. The number of aryl methyl sites for hydroxylation is 2. The second-order valence-electron chi connectivity index (χ2n) is 8.00. The Bertz CT molecular complexity index is 906. The van der Waals surface area contributed by atoms with Crippen LogP contribution in [-0.2, 0) is 35.2 Å². The normalized spacial score (nSPS) is 14.9. The molecule has 0 saturated carbocycles. The summed E-state index contributed by atoms with van der Waals surface area (Å²) in [6, 6.07) is 9.29. The fourth-order valence-electron chi connectivity index (χ4n) is 3.60. The summed E-state index contributed by atoms with van der Waals surface area (Å²) in [7, 11) is -3.33. The van der Waals surface area contributed by atoms with Crippen LogP contribution in [0.15, 0.2) is 30.3 Å². The molecule has 2 N–H and O–H groups in total. The van der Waals surface area contributed by atoms with Crippen molar-refractivity contribution in [3.8, 4) is 0 Å². The molecule has 0 aliphatic heterocycles. The van der Waals surface area contributed by atoms with Crippen molar-refractivity contribution >= 4 is 27.3 Å². The molecule has 1 aliphatic rings. The van der Waals surface area contributed by atoms with Crippen molar-refractivity contribution in [2.75, 3.05) is 0 Å². The quantitative estimate of drug-likeness (QED) is 0.687. The predicted molar refractivity (Wildman–Crippen MR) is 119 cm³/mol. The molecule has 0 spiro atoms. The van der Waals surface area contributed by atoms with Crippen LogP contribution < -0.4 is 10.0 Å². The van der Waals surface area contributed by atoms with Gasteiger partial charge in [0.25, 0.3) is 5.91 Å². The van der Waals surface area contributed by atoms with E-state index in [1.807, 2.05) is 12.1 Å². The number of nitrogens with one attached hydrogen (secondary N) is 2. The van der Waals surface area contributed by atoms with E-state index in [-0.39, 0.29) is 17.7 Å². The average molecular weight is 435 g/mol. The zero-order valence-corrected chi connectivity index (χ0v) is 18.8. The highest BCUT2D eigenvalue weighted by molar-refractivity contribution is 7.88. The van der Waals surface area contributed by atoms with Gasteiger partial charge in [0, 0.05) is 17.5 Å². The molecular formula is C22H30N2O3S2. The van der Waals surface area contributed by atoms with Crippen LogP contribution in [-0.4, -0.2) is 20.4 Å². The Morgan fingerprint density at radius 2 is 1.69 bits per heavy atom. The van der Waals surface area contributed by atoms with E-state index >= 15 is 0 Å². The number of benzene rings is 1. The molecule has 0 unspecified atom stereocenters. The Kier molecular flexibility index (Phi) is 7.49. The minimum atomic E-state index is -3.33. The average Bonchev–Trinajstić information content (AvgIpc) is 3.01. The van der Waals surface area contributed by atoms with Gasteiger partial charge in [-0.15, -0.1) is 11.3 Å². The number of carbonyl (C=O) groups is 1. The first kappa shape index (κ1) is 22.0. The zero-order chi connectivity index (χ0) is 20.9. The van der Waals surface area contributed by atoms with Gasteiger partial charge in [-0.1, -0.05) is 37.1 Å². The number of rotatable bonds is 7. The maximum absolute atomic E-state index is 12.6. The molecule has 1 aromatic heterocycles. The fourth-order valence-corrected chi connectivity index (χ4v) is 6.20. The van der Waals surface area contributed by atoms with Gasteiger partial charge in [0.1, 0.15) is 0 Å². The molecule has 29 heavy (non-hydrogen) atoms. The first-order valence-electron chi connectivity index (χ1n) is 10.3. The SMILES string of the molecule is CC(C)NS(=O)(=O)Cc1ccc(CNC(=O)c2cc3c(s2)CCCCCC3)cc1. The van der Waals surface area contributed by atoms with E-state index in [2.05, 4.69) is 16.1 Å². The highest BCUT2D eigenvalue weighted by Gasteiger charge is 2.16. The molecule has 0 saturated heterocycles. The van der Waals surface area contributed by atoms with Gasteiger partial charge in [-0.2, -0.15) is 0 Å². The standard InChI is InChI=1S/C22H30N2O3S2/c1-16(2)24-29(26,27)15-18-11-9-17(10-12-18)14-23-22(25)21-13-19-7-5-3-4-6-8-20(19)28-21/h9-13,16,24H,3-8,14-15H2,1-2H3,(H,23,25). The Morgan fingerprint density at radius 3 is 2.38 bits per heavy atom. The van der Waals surface area contributed by atoms with E-state index in [9.17, 15) is 13.2 Å². The topological polar surface area (TPSA) is 75.3 Å². The molecule has 0 atom stereocenters. The van der Waals surface area contributed by atoms with E-state index in [0.29, 0.717) is 6.54 Å². The van der Waals surface area contributed by atoms with Crippen LogP contribution in [0.3, 0.4) is 0 Å². The van der Waals surface area contributed by atoms with Crippen LogP contribution >= 0.6 is 11.3 Å². The molecule has 1 heterocycles. The Balaban J connectivity index is 1.56. The van der Waals surface area contributed by atoms with Gasteiger partial charge < -0.3 is 5.32 Å². The molecule has 7 heteroatoms. The summed E-state index contributed by atoms with van der Waals surface area (Å²) in [5.41, 5.74) is 3.03. The van der Waals surface area contributed by atoms with Crippen molar-refractivity contribution in [2.45, 2.75) is 70.7 Å². The van der Waals surface area contributed by atoms with E-state index in [1.165, 1.54) is 36.1 Å². The van der Waals surface area contributed by atoms with Crippen LogP contribution in [0.2, 0.25) is 0 Å². The highest BCUT2D eigenvalue weighted by Crippen LogP contribution is 2.28. The second-order valence-corrected chi connectivity index (χ2v) is 10.9. The Labute approximate surface area is 178 Å². The number of carbonyl (C=O) groups excluding carboxylic acids is 1. The molecule has 1 aliphatic carbocycles. The third-order valence-corrected chi connectivity index (χ3v) is 7.75. The molecule has 5 nitrogen and oxygen atoms in total. The summed E-state index contributed by atoms with van der Waals surface area (Å²) in [6.07, 6.45) is 7.15. The maximum atomic E-state index is 12.6. The Hall–Kier alpha value is -1.70. The maximum Gasteiger partial charge on any atom is 0.261 e. The summed E-state index contributed by atoms with van der Waals surface area (Å²) in [4.78, 5) is 14.7. The summed E-state index contributed by atoms with van der Waals surface area (Å²) < 4.78 is 26.6. The summed E-state index contributed by atoms with van der Waals surface area (Å²) >= 11 is 1.63. The predicted octanol–water partition coefficient (Wildman–Crippen LogP) is 4.16. The molecule has 1 aromatic carbocycles. The van der Waals surface area contributed by atoms with Crippen molar-refractivity contribution in [1.82, 2.24) is 10.0 Å². The molecule has 158 valence electrons. The number of thiophene rings is 1. The third-order valence-electron chi connectivity index (χ3n) is 4.97. The molecule has 2 aromatic rings. The highest BCUT2D eigenvalue weighted by atomic mass is 32.2. The third kappa shape index (κ3) is 6.66. The van der Waals surface area contributed by atoms with Crippen LogP contribution in [0.5, 0.6) is 0 Å². The lowest BCUT2D eigenvalue weighted by molar-refractivity contribution is 0.0955. The fraction of sp³-hybridized carbons (Fsp3) is 0.500. The van der Waals surface area contributed by atoms with E-state index in [4.69, 9.17) is 0 Å². The van der Waals surface area contributed by atoms with Gasteiger partial charge in [0.15, 0.2) is 0 Å². The van der Waals surface area contributed by atoms with E-state index in [0.717, 1.165) is 28.8 Å². The second kappa shape index (κ2) is 9.87. The lowest BCUT2D eigenvalue weighted by Gasteiger charge is -2.10. The smallest absolute Gasteiger partial charge is 0.261 e. The monoisotopic (exact) mass is 434 g/mol. The lowest BCUT2D eigenvalue weighted by atomic mass is 10.00. The van der Waals surface area contributed by atoms with Crippen LogP contribution in [0.25, 0.3) is 0 Å². The van der Waals surface area contributed by atoms with Crippen molar-refractivity contribution in [2.24, 2.45) is 0 Å². The van der Waals surface area contributed by atoms with Crippen molar-refractivity contribution in [1.29, 1.82) is 0 Å². The van der Waals surface area contributed by atoms with Crippen LogP contribution in [0.4, 0.5) is 0 Å². The number of hydrogen-bond acceptors (Lipinski definition) is 4.